The predicted octanol–water partition coefficient (Wildman–Crippen LogP) is 5.33. The molecule has 0 saturated carbocycles. The molecule has 1 saturated heterocycles. The van der Waals surface area contributed by atoms with Crippen molar-refractivity contribution in [1.82, 2.24) is 15.1 Å². The van der Waals surface area contributed by atoms with E-state index in [0.717, 1.165) is 43.5 Å². The van der Waals surface area contributed by atoms with Gasteiger partial charge in [0.15, 0.2) is 0 Å². The smallest absolute Gasteiger partial charge is 0.276 e. The lowest BCUT2D eigenvalue weighted by Crippen LogP contribution is -2.35. The van der Waals surface area contributed by atoms with Crippen LogP contribution in [0, 0.1) is 0 Å². The minimum atomic E-state index is 0.136. The van der Waals surface area contributed by atoms with E-state index in [-0.39, 0.29) is 5.91 Å². The molecule has 2 heterocycles. The summed E-state index contributed by atoms with van der Waals surface area (Å²) >= 11 is 1.51. The third kappa shape index (κ3) is 5.30. The van der Waals surface area contributed by atoms with Gasteiger partial charge in [-0.1, -0.05) is 61.2 Å². The second-order valence-corrected chi connectivity index (χ2v) is 8.75. The van der Waals surface area contributed by atoms with E-state index in [2.05, 4.69) is 29.3 Å². The molecule has 1 aromatic heterocycles. The summed E-state index contributed by atoms with van der Waals surface area (Å²) in [6.07, 6.45) is 4.14. The Morgan fingerprint density at radius 1 is 1.07 bits per heavy atom. The monoisotopic (exact) mass is 421 g/mol. The Bertz CT molecular complexity index is 967. The standard InChI is InChI=1S/C24H27N3O2S/c1-18(20-10-4-2-5-11-20)15-22-25-26-24(29-22)30-17-19-9-8-12-21(16-19)23(28)27-13-6-3-7-14-27/h2,4-5,8-12,16,18H,3,6-7,13-15,17H2,1H3. The molecule has 1 atom stereocenters. The molecule has 0 N–H and O–H groups in total. The average Bonchev–Trinajstić information content (AvgIpc) is 3.26. The number of carbonyl (C=O) groups excluding carboxylic acids is 1. The summed E-state index contributed by atoms with van der Waals surface area (Å²) in [5, 5.41) is 8.95. The molecule has 1 aliphatic heterocycles. The number of amides is 1. The van der Waals surface area contributed by atoms with Crippen LogP contribution in [0.1, 0.15) is 59.5 Å². The van der Waals surface area contributed by atoms with Crippen LogP contribution in [-0.2, 0) is 12.2 Å². The van der Waals surface area contributed by atoms with Gasteiger partial charge in [0, 0.05) is 30.8 Å². The zero-order valence-corrected chi connectivity index (χ0v) is 18.1. The lowest BCUT2D eigenvalue weighted by Gasteiger charge is -2.26. The lowest BCUT2D eigenvalue weighted by molar-refractivity contribution is 0.0724. The van der Waals surface area contributed by atoms with E-state index in [1.165, 1.54) is 23.7 Å². The maximum absolute atomic E-state index is 12.7. The van der Waals surface area contributed by atoms with Crippen LogP contribution in [-0.4, -0.2) is 34.1 Å². The number of thioether (sulfide) groups is 1. The van der Waals surface area contributed by atoms with Gasteiger partial charge in [-0.3, -0.25) is 4.79 Å². The van der Waals surface area contributed by atoms with Crippen LogP contribution in [0.5, 0.6) is 0 Å². The SMILES string of the molecule is CC(Cc1nnc(SCc2cccc(C(=O)N3CCCCC3)c2)o1)c1ccccc1. The van der Waals surface area contributed by atoms with E-state index < -0.39 is 0 Å². The average molecular weight is 422 g/mol. The van der Waals surface area contributed by atoms with E-state index in [0.29, 0.717) is 22.8 Å². The molecule has 30 heavy (non-hydrogen) atoms. The molecule has 156 valence electrons. The fraction of sp³-hybridized carbons (Fsp3) is 0.375. The van der Waals surface area contributed by atoms with Gasteiger partial charge < -0.3 is 9.32 Å². The summed E-state index contributed by atoms with van der Waals surface area (Å²) in [6.45, 7) is 3.89. The fourth-order valence-electron chi connectivity index (χ4n) is 3.76. The summed E-state index contributed by atoms with van der Waals surface area (Å²) < 4.78 is 5.84. The summed E-state index contributed by atoms with van der Waals surface area (Å²) in [5.41, 5.74) is 3.11. The van der Waals surface area contributed by atoms with Crippen LogP contribution in [0.15, 0.2) is 64.2 Å². The van der Waals surface area contributed by atoms with E-state index >= 15 is 0 Å². The van der Waals surface area contributed by atoms with Gasteiger partial charge >= 0.3 is 0 Å². The Labute approximate surface area is 181 Å². The van der Waals surface area contributed by atoms with Crippen LogP contribution in [0.2, 0.25) is 0 Å². The van der Waals surface area contributed by atoms with Crippen molar-refractivity contribution < 1.29 is 9.21 Å². The molecule has 0 radical (unpaired) electrons. The topological polar surface area (TPSA) is 59.2 Å². The lowest BCUT2D eigenvalue weighted by atomic mass is 9.98. The number of nitrogens with zero attached hydrogens (tertiary/aromatic N) is 3. The largest absolute Gasteiger partial charge is 0.416 e. The second-order valence-electron chi connectivity index (χ2n) is 7.82. The Hall–Kier alpha value is -2.60. The number of aromatic nitrogens is 2. The molecular weight excluding hydrogens is 394 g/mol. The molecule has 1 unspecified atom stereocenters. The molecule has 0 spiro atoms. The Morgan fingerprint density at radius 3 is 2.67 bits per heavy atom. The van der Waals surface area contributed by atoms with Crippen LogP contribution in [0.4, 0.5) is 0 Å². The number of carbonyl (C=O) groups is 1. The molecule has 1 fully saturated rings. The first kappa shape index (κ1) is 20.7. The molecule has 1 amide bonds. The molecule has 0 bridgehead atoms. The van der Waals surface area contributed by atoms with Gasteiger partial charge in [0.2, 0.25) is 5.89 Å². The van der Waals surface area contributed by atoms with Crippen molar-refractivity contribution in [3.8, 4) is 0 Å². The third-order valence-corrected chi connectivity index (χ3v) is 6.37. The molecule has 2 aromatic carbocycles. The number of hydrogen-bond acceptors (Lipinski definition) is 5. The third-order valence-electron chi connectivity index (χ3n) is 5.48. The first-order valence-electron chi connectivity index (χ1n) is 10.6. The van der Waals surface area contributed by atoms with Crippen LogP contribution < -0.4 is 0 Å². The van der Waals surface area contributed by atoms with Crippen molar-refractivity contribution >= 4 is 17.7 Å². The summed E-state index contributed by atoms with van der Waals surface area (Å²) in [7, 11) is 0. The zero-order chi connectivity index (χ0) is 20.8. The number of likely N-dealkylation sites (tertiary alicyclic amines) is 1. The van der Waals surface area contributed by atoms with Crippen LogP contribution in [0.25, 0.3) is 0 Å². The van der Waals surface area contributed by atoms with E-state index in [1.54, 1.807) is 0 Å². The maximum Gasteiger partial charge on any atom is 0.276 e. The number of hydrogen-bond donors (Lipinski definition) is 0. The number of piperidine rings is 1. The van der Waals surface area contributed by atoms with E-state index in [9.17, 15) is 4.79 Å². The maximum atomic E-state index is 12.7. The molecule has 1 aliphatic rings. The highest BCUT2D eigenvalue weighted by Gasteiger charge is 2.18. The van der Waals surface area contributed by atoms with Crippen molar-refractivity contribution in [2.24, 2.45) is 0 Å². The van der Waals surface area contributed by atoms with Crippen LogP contribution in [0.3, 0.4) is 0 Å². The minimum Gasteiger partial charge on any atom is -0.416 e. The molecule has 6 heteroatoms. The molecule has 0 aliphatic carbocycles. The molecule has 3 aromatic rings. The number of rotatable bonds is 7. The normalized spacial score (nSPS) is 15.2. The first-order valence-corrected chi connectivity index (χ1v) is 11.6. The van der Waals surface area contributed by atoms with Gasteiger partial charge in [-0.15, -0.1) is 10.2 Å². The number of benzene rings is 2. The van der Waals surface area contributed by atoms with Gasteiger partial charge in [-0.2, -0.15) is 0 Å². The van der Waals surface area contributed by atoms with Crippen molar-refractivity contribution in [1.29, 1.82) is 0 Å². The summed E-state index contributed by atoms with van der Waals surface area (Å²) in [6, 6.07) is 18.2. The van der Waals surface area contributed by atoms with Gasteiger partial charge in [0.25, 0.3) is 11.1 Å². The molecule has 5 nitrogen and oxygen atoms in total. The van der Waals surface area contributed by atoms with E-state index in [1.807, 2.05) is 47.4 Å². The van der Waals surface area contributed by atoms with Gasteiger partial charge in [-0.05, 0) is 48.4 Å². The Morgan fingerprint density at radius 2 is 1.87 bits per heavy atom. The fourth-order valence-corrected chi connectivity index (χ4v) is 4.48. The van der Waals surface area contributed by atoms with Crippen molar-refractivity contribution in [3.63, 3.8) is 0 Å². The Balaban J connectivity index is 1.33. The predicted molar refractivity (Wildman–Crippen MR) is 119 cm³/mol. The highest BCUT2D eigenvalue weighted by molar-refractivity contribution is 7.98. The molecular formula is C24H27N3O2S. The van der Waals surface area contributed by atoms with Gasteiger partial charge in [0.05, 0.1) is 0 Å². The second kappa shape index (κ2) is 9.94. The van der Waals surface area contributed by atoms with Gasteiger partial charge in [0.1, 0.15) is 0 Å². The molecule has 4 rings (SSSR count). The van der Waals surface area contributed by atoms with Gasteiger partial charge in [-0.25, -0.2) is 0 Å². The van der Waals surface area contributed by atoms with Crippen molar-refractivity contribution in [3.05, 3.63) is 77.2 Å². The first-order chi connectivity index (χ1) is 14.7. The zero-order valence-electron chi connectivity index (χ0n) is 17.3. The van der Waals surface area contributed by atoms with Crippen molar-refractivity contribution in [2.75, 3.05) is 13.1 Å². The van der Waals surface area contributed by atoms with Crippen LogP contribution >= 0.6 is 11.8 Å². The van der Waals surface area contributed by atoms with Crippen molar-refractivity contribution in [2.45, 2.75) is 49.5 Å². The van der Waals surface area contributed by atoms with E-state index in [4.69, 9.17) is 4.42 Å². The summed E-state index contributed by atoms with van der Waals surface area (Å²) in [5.74, 6) is 1.80. The quantitative estimate of drug-likeness (QED) is 0.482. The highest BCUT2D eigenvalue weighted by atomic mass is 32.2. The summed E-state index contributed by atoms with van der Waals surface area (Å²) in [4.78, 5) is 14.7. The Kier molecular flexibility index (Phi) is 6.84. The highest BCUT2D eigenvalue weighted by Crippen LogP contribution is 2.25. The minimum absolute atomic E-state index is 0.136.